The van der Waals surface area contributed by atoms with Gasteiger partial charge in [0.15, 0.2) is 0 Å². The highest BCUT2D eigenvalue weighted by Crippen LogP contribution is 2.06. The molecular weight excluding hydrogens is 248 g/mol. The van der Waals surface area contributed by atoms with Crippen molar-refractivity contribution in [2.75, 3.05) is 13.2 Å². The molecule has 0 aliphatic rings. The highest BCUT2D eigenvalue weighted by atomic mass is 16.6. The predicted octanol–water partition coefficient (Wildman–Crippen LogP) is 1.68. The van der Waals surface area contributed by atoms with Crippen molar-refractivity contribution in [2.24, 2.45) is 0 Å². The van der Waals surface area contributed by atoms with Crippen LogP contribution in [0, 0.1) is 0 Å². The van der Waals surface area contributed by atoms with Gasteiger partial charge in [0.2, 0.25) is 0 Å². The van der Waals surface area contributed by atoms with Crippen molar-refractivity contribution in [1.82, 2.24) is 9.88 Å². The molecule has 0 saturated heterocycles. The molecule has 1 heterocycles. The van der Waals surface area contributed by atoms with E-state index in [-0.39, 0.29) is 26.1 Å². The molecule has 19 heavy (non-hydrogen) atoms. The summed E-state index contributed by atoms with van der Waals surface area (Å²) in [6.45, 7) is 3.92. The first-order chi connectivity index (χ1) is 9.13. The fourth-order valence-corrected chi connectivity index (χ4v) is 1.40. The molecule has 6 heteroatoms. The van der Waals surface area contributed by atoms with Crippen molar-refractivity contribution in [2.45, 2.75) is 13.0 Å². The molecule has 0 aliphatic carbocycles. The summed E-state index contributed by atoms with van der Waals surface area (Å²) in [4.78, 5) is 27.6. The van der Waals surface area contributed by atoms with Crippen LogP contribution in [0.4, 0.5) is 4.79 Å². The van der Waals surface area contributed by atoms with E-state index in [2.05, 4.69) is 11.6 Å². The average Bonchev–Trinajstić information content (AvgIpc) is 2.41. The summed E-state index contributed by atoms with van der Waals surface area (Å²) in [5.74, 6) is -0.962. The summed E-state index contributed by atoms with van der Waals surface area (Å²) in [5, 5.41) is 8.68. The Balaban J connectivity index is 2.65. The molecule has 1 aromatic rings. The quantitative estimate of drug-likeness (QED) is 0.758. The lowest BCUT2D eigenvalue weighted by Gasteiger charge is -2.21. The summed E-state index contributed by atoms with van der Waals surface area (Å²) in [7, 11) is 0. The largest absolute Gasteiger partial charge is 0.481 e. The van der Waals surface area contributed by atoms with Crippen LogP contribution in [0.15, 0.2) is 37.2 Å². The molecule has 0 unspecified atom stereocenters. The zero-order valence-electron chi connectivity index (χ0n) is 10.5. The number of carbonyl (C=O) groups excluding carboxylic acids is 1. The Morgan fingerprint density at radius 3 is 2.68 bits per heavy atom. The predicted molar refractivity (Wildman–Crippen MR) is 68.4 cm³/mol. The molecule has 0 spiro atoms. The molecule has 0 atom stereocenters. The third-order valence-corrected chi connectivity index (χ3v) is 2.30. The van der Waals surface area contributed by atoms with Gasteiger partial charge >= 0.3 is 12.1 Å². The van der Waals surface area contributed by atoms with Crippen LogP contribution in [-0.2, 0) is 16.1 Å². The van der Waals surface area contributed by atoms with Gasteiger partial charge in [-0.05, 0) is 17.7 Å². The van der Waals surface area contributed by atoms with Crippen molar-refractivity contribution in [1.29, 1.82) is 0 Å². The van der Waals surface area contributed by atoms with Crippen molar-refractivity contribution in [3.8, 4) is 0 Å². The van der Waals surface area contributed by atoms with Gasteiger partial charge in [-0.1, -0.05) is 12.7 Å². The van der Waals surface area contributed by atoms with Crippen LogP contribution in [0.1, 0.15) is 12.0 Å². The van der Waals surface area contributed by atoms with Crippen molar-refractivity contribution in [3.63, 3.8) is 0 Å². The number of carbonyl (C=O) groups is 2. The van der Waals surface area contributed by atoms with Gasteiger partial charge < -0.3 is 14.7 Å². The van der Waals surface area contributed by atoms with E-state index in [0.29, 0.717) is 0 Å². The summed E-state index contributed by atoms with van der Waals surface area (Å²) < 4.78 is 4.92. The second kappa shape index (κ2) is 7.86. The average molecular weight is 264 g/mol. The van der Waals surface area contributed by atoms with Crippen LogP contribution in [0.3, 0.4) is 0 Å². The number of carboxylic acids is 1. The van der Waals surface area contributed by atoms with E-state index >= 15 is 0 Å². The van der Waals surface area contributed by atoms with Crippen LogP contribution in [-0.4, -0.2) is 40.2 Å². The number of hydrogen-bond acceptors (Lipinski definition) is 4. The zero-order chi connectivity index (χ0) is 14.1. The Hall–Kier alpha value is -2.37. The summed E-state index contributed by atoms with van der Waals surface area (Å²) in [6.07, 6.45) is 3.99. The number of amides is 1. The molecule has 0 fully saturated rings. The van der Waals surface area contributed by atoms with E-state index in [1.807, 2.05) is 0 Å². The molecular formula is C13H16N2O4. The molecule has 0 saturated carbocycles. The van der Waals surface area contributed by atoms with E-state index in [9.17, 15) is 9.59 Å². The molecule has 6 nitrogen and oxygen atoms in total. The topological polar surface area (TPSA) is 79.7 Å². The molecule has 0 aliphatic heterocycles. The van der Waals surface area contributed by atoms with E-state index in [0.717, 1.165) is 5.56 Å². The third kappa shape index (κ3) is 5.67. The lowest BCUT2D eigenvalue weighted by atomic mass is 10.2. The van der Waals surface area contributed by atoms with E-state index in [1.54, 1.807) is 24.5 Å². The van der Waals surface area contributed by atoms with Crippen LogP contribution < -0.4 is 0 Å². The van der Waals surface area contributed by atoms with Gasteiger partial charge in [0.1, 0.15) is 6.61 Å². The SMILES string of the molecule is C=CCOC(=O)N(CCC(=O)O)Cc1ccncc1. The summed E-state index contributed by atoms with van der Waals surface area (Å²) >= 11 is 0. The van der Waals surface area contributed by atoms with Crippen LogP contribution in [0.5, 0.6) is 0 Å². The molecule has 102 valence electrons. The smallest absolute Gasteiger partial charge is 0.410 e. The molecule has 0 bridgehead atoms. The molecule has 0 radical (unpaired) electrons. The van der Waals surface area contributed by atoms with Gasteiger partial charge in [-0.15, -0.1) is 0 Å². The first kappa shape index (κ1) is 14.7. The minimum Gasteiger partial charge on any atom is -0.481 e. The Morgan fingerprint density at radius 2 is 2.11 bits per heavy atom. The first-order valence-electron chi connectivity index (χ1n) is 5.76. The highest BCUT2D eigenvalue weighted by Gasteiger charge is 2.16. The number of aromatic nitrogens is 1. The number of nitrogens with zero attached hydrogens (tertiary/aromatic N) is 2. The second-order valence-corrected chi connectivity index (χ2v) is 3.79. The number of carboxylic acid groups (broad SMARTS) is 1. The Bertz CT molecular complexity index is 434. The van der Waals surface area contributed by atoms with Crippen molar-refractivity contribution >= 4 is 12.1 Å². The summed E-state index contributed by atoms with van der Waals surface area (Å²) in [5.41, 5.74) is 0.857. The fraction of sp³-hybridized carbons (Fsp3) is 0.308. The molecule has 1 N–H and O–H groups in total. The van der Waals surface area contributed by atoms with E-state index in [1.165, 1.54) is 11.0 Å². The lowest BCUT2D eigenvalue weighted by molar-refractivity contribution is -0.137. The number of pyridine rings is 1. The maximum atomic E-state index is 11.8. The molecule has 1 rings (SSSR count). The number of rotatable bonds is 7. The Kier molecular flexibility index (Phi) is 6.08. The maximum absolute atomic E-state index is 11.8. The third-order valence-electron chi connectivity index (χ3n) is 2.30. The van der Waals surface area contributed by atoms with Gasteiger partial charge in [-0.25, -0.2) is 4.79 Å². The second-order valence-electron chi connectivity index (χ2n) is 3.79. The van der Waals surface area contributed by atoms with E-state index < -0.39 is 12.1 Å². The number of hydrogen-bond donors (Lipinski definition) is 1. The normalized spacial score (nSPS) is 9.68. The lowest BCUT2D eigenvalue weighted by Crippen LogP contribution is -2.33. The first-order valence-corrected chi connectivity index (χ1v) is 5.76. The highest BCUT2D eigenvalue weighted by molar-refractivity contribution is 5.70. The van der Waals surface area contributed by atoms with Crippen LogP contribution in [0.2, 0.25) is 0 Å². The Labute approximate surface area is 111 Å². The van der Waals surface area contributed by atoms with E-state index in [4.69, 9.17) is 9.84 Å². The van der Waals surface area contributed by atoms with Gasteiger partial charge in [-0.2, -0.15) is 0 Å². The van der Waals surface area contributed by atoms with Gasteiger partial charge in [0.25, 0.3) is 0 Å². The van der Waals surface area contributed by atoms with Gasteiger partial charge in [0.05, 0.1) is 6.42 Å². The maximum Gasteiger partial charge on any atom is 0.410 e. The van der Waals surface area contributed by atoms with Gasteiger partial charge in [-0.3, -0.25) is 9.78 Å². The molecule has 1 aromatic heterocycles. The monoisotopic (exact) mass is 264 g/mol. The van der Waals surface area contributed by atoms with Crippen molar-refractivity contribution < 1.29 is 19.4 Å². The summed E-state index contributed by atoms with van der Waals surface area (Å²) in [6, 6.07) is 3.52. The fourth-order valence-electron chi connectivity index (χ4n) is 1.40. The number of ether oxygens (including phenoxy) is 1. The van der Waals surface area contributed by atoms with Crippen LogP contribution in [0.25, 0.3) is 0 Å². The molecule has 0 aromatic carbocycles. The minimum atomic E-state index is -0.962. The van der Waals surface area contributed by atoms with Crippen LogP contribution >= 0.6 is 0 Å². The zero-order valence-corrected chi connectivity index (χ0v) is 10.5. The molecule has 1 amide bonds. The van der Waals surface area contributed by atoms with Gasteiger partial charge in [0, 0.05) is 25.5 Å². The Morgan fingerprint density at radius 1 is 1.42 bits per heavy atom. The standard InChI is InChI=1S/C13H16N2O4/c1-2-9-19-13(18)15(8-5-12(16)17)10-11-3-6-14-7-4-11/h2-4,6-7H,1,5,8-10H2,(H,16,17). The van der Waals surface area contributed by atoms with Crippen molar-refractivity contribution in [3.05, 3.63) is 42.7 Å². The minimum absolute atomic E-state index is 0.0909. The number of aliphatic carboxylic acids is 1.